The summed E-state index contributed by atoms with van der Waals surface area (Å²) in [5.41, 5.74) is -1.60. The number of piperidine rings is 1. The number of hydrogen-bond donors (Lipinski definition) is 1. The highest BCUT2D eigenvalue weighted by molar-refractivity contribution is 5.98. The molecular formula is C30H34F4N4O3. The van der Waals surface area contributed by atoms with E-state index in [1.54, 1.807) is 31.1 Å². The number of nitrogens with one attached hydrogen (secondary N) is 1. The molecule has 2 aromatic rings. The molecule has 220 valence electrons. The standard InChI is InChI=1S/C30H34F4N4O3/c1-18(2)25(36-26(39)22-14-21(30(32,33)34)7-8-24(22)31)27(40)37-12-9-29(10-13-37)23(20-4-3-11-35-15-20)17-38(28(29)41)16-19-5-6-19/h3-4,7-8,11,14-15,18-19,23,25H,5-6,9-10,12-13,16-17H2,1-2H3,(H,36,39)/t23?,25-/m1/s1. The quantitative estimate of drug-likeness (QED) is 0.489. The van der Waals surface area contributed by atoms with E-state index < -0.39 is 52.3 Å². The highest BCUT2D eigenvalue weighted by Crippen LogP contribution is 2.51. The molecule has 0 bridgehead atoms. The van der Waals surface area contributed by atoms with Crippen molar-refractivity contribution in [3.63, 3.8) is 0 Å². The van der Waals surface area contributed by atoms with E-state index in [-0.39, 0.29) is 24.9 Å². The van der Waals surface area contributed by atoms with Crippen LogP contribution in [-0.2, 0) is 15.8 Å². The van der Waals surface area contributed by atoms with Crippen LogP contribution in [0.2, 0.25) is 0 Å². The summed E-state index contributed by atoms with van der Waals surface area (Å²) in [4.78, 5) is 48.1. The van der Waals surface area contributed by atoms with Crippen molar-refractivity contribution >= 4 is 17.7 Å². The number of alkyl halides is 3. The topological polar surface area (TPSA) is 82.6 Å². The lowest BCUT2D eigenvalue weighted by Crippen LogP contribution is -2.55. The second-order valence-corrected chi connectivity index (χ2v) is 11.9. The third-order valence-corrected chi connectivity index (χ3v) is 8.77. The number of hydrogen-bond acceptors (Lipinski definition) is 4. The summed E-state index contributed by atoms with van der Waals surface area (Å²) < 4.78 is 53.8. The molecule has 7 nitrogen and oxygen atoms in total. The first-order chi connectivity index (χ1) is 19.4. The van der Waals surface area contributed by atoms with E-state index >= 15 is 0 Å². The Labute approximate surface area is 236 Å². The van der Waals surface area contributed by atoms with Gasteiger partial charge in [-0.05, 0) is 67.3 Å². The Morgan fingerprint density at radius 3 is 2.44 bits per heavy atom. The molecule has 3 heterocycles. The number of halogens is 4. The van der Waals surface area contributed by atoms with Crippen LogP contribution in [0.5, 0.6) is 0 Å². The number of carbonyl (C=O) groups is 3. The van der Waals surface area contributed by atoms with Crippen molar-refractivity contribution in [2.75, 3.05) is 26.2 Å². The molecule has 1 unspecified atom stereocenters. The van der Waals surface area contributed by atoms with Crippen LogP contribution in [0.3, 0.4) is 0 Å². The van der Waals surface area contributed by atoms with Gasteiger partial charge in [0.2, 0.25) is 11.8 Å². The number of likely N-dealkylation sites (tertiary alicyclic amines) is 2. The molecule has 1 aromatic carbocycles. The van der Waals surface area contributed by atoms with Crippen LogP contribution in [0.25, 0.3) is 0 Å². The fraction of sp³-hybridized carbons (Fsp3) is 0.533. The first-order valence-corrected chi connectivity index (χ1v) is 14.1. The second kappa shape index (κ2) is 11.1. The number of carbonyl (C=O) groups excluding carboxylic acids is 3. The third kappa shape index (κ3) is 5.81. The molecule has 41 heavy (non-hydrogen) atoms. The largest absolute Gasteiger partial charge is 0.416 e. The van der Waals surface area contributed by atoms with E-state index in [1.165, 1.54) is 0 Å². The molecule has 3 aliphatic rings. The highest BCUT2D eigenvalue weighted by atomic mass is 19.4. The minimum absolute atomic E-state index is 0.0517. The summed E-state index contributed by atoms with van der Waals surface area (Å²) in [5, 5.41) is 2.47. The van der Waals surface area contributed by atoms with Gasteiger partial charge in [0.1, 0.15) is 11.9 Å². The van der Waals surface area contributed by atoms with Crippen LogP contribution in [0.4, 0.5) is 17.6 Å². The molecule has 1 spiro atoms. The van der Waals surface area contributed by atoms with Gasteiger partial charge in [-0.3, -0.25) is 19.4 Å². The Morgan fingerprint density at radius 2 is 1.85 bits per heavy atom. The zero-order valence-corrected chi connectivity index (χ0v) is 23.1. The molecule has 1 aliphatic carbocycles. The number of pyridine rings is 1. The fourth-order valence-corrected chi connectivity index (χ4v) is 6.21. The van der Waals surface area contributed by atoms with Crippen LogP contribution < -0.4 is 5.32 Å². The van der Waals surface area contributed by atoms with E-state index in [0.717, 1.165) is 24.9 Å². The zero-order valence-electron chi connectivity index (χ0n) is 23.1. The molecular weight excluding hydrogens is 540 g/mol. The maximum Gasteiger partial charge on any atom is 0.416 e. The molecule has 2 saturated heterocycles. The summed E-state index contributed by atoms with van der Waals surface area (Å²) in [6, 6.07) is 4.38. The molecule has 1 aromatic heterocycles. The summed E-state index contributed by atoms with van der Waals surface area (Å²) in [7, 11) is 0. The SMILES string of the molecule is CC(C)[C@@H](NC(=O)c1cc(C(F)(F)F)ccc1F)C(=O)N1CCC2(CC1)C(=O)N(CC1CC1)CC2c1cccnc1. The van der Waals surface area contributed by atoms with Gasteiger partial charge >= 0.3 is 6.18 Å². The van der Waals surface area contributed by atoms with Crippen LogP contribution in [-0.4, -0.2) is 64.7 Å². The number of benzene rings is 1. The molecule has 0 radical (unpaired) electrons. The van der Waals surface area contributed by atoms with E-state index in [0.29, 0.717) is 43.5 Å². The number of amides is 3. The smallest absolute Gasteiger partial charge is 0.341 e. The van der Waals surface area contributed by atoms with Crippen LogP contribution in [0.15, 0.2) is 42.7 Å². The molecule has 3 fully saturated rings. The van der Waals surface area contributed by atoms with Gasteiger partial charge < -0.3 is 15.1 Å². The lowest BCUT2D eigenvalue weighted by molar-refractivity contribution is -0.144. The molecule has 11 heteroatoms. The highest BCUT2D eigenvalue weighted by Gasteiger charge is 2.56. The summed E-state index contributed by atoms with van der Waals surface area (Å²) in [6.45, 7) is 5.33. The zero-order chi connectivity index (χ0) is 29.5. The maximum atomic E-state index is 14.3. The minimum Gasteiger partial charge on any atom is -0.341 e. The summed E-state index contributed by atoms with van der Waals surface area (Å²) >= 11 is 0. The number of aromatic nitrogens is 1. The van der Waals surface area contributed by atoms with Crippen molar-refractivity contribution in [2.45, 2.75) is 57.7 Å². The normalized spacial score (nSPS) is 21.4. The van der Waals surface area contributed by atoms with Gasteiger partial charge in [-0.1, -0.05) is 19.9 Å². The first kappa shape index (κ1) is 29.0. The first-order valence-electron chi connectivity index (χ1n) is 14.1. The van der Waals surface area contributed by atoms with Crippen LogP contribution >= 0.6 is 0 Å². The molecule has 1 N–H and O–H groups in total. The lowest BCUT2D eigenvalue weighted by atomic mass is 9.68. The van der Waals surface area contributed by atoms with Crippen molar-refractivity contribution < 1.29 is 31.9 Å². The van der Waals surface area contributed by atoms with Crippen LogP contribution in [0, 0.1) is 23.1 Å². The molecule has 2 aliphatic heterocycles. The Balaban J connectivity index is 1.31. The van der Waals surface area contributed by atoms with E-state index in [2.05, 4.69) is 10.3 Å². The van der Waals surface area contributed by atoms with Crippen molar-refractivity contribution in [1.29, 1.82) is 0 Å². The predicted molar refractivity (Wildman–Crippen MR) is 142 cm³/mol. The summed E-state index contributed by atoms with van der Waals surface area (Å²) in [6.07, 6.45) is 1.89. The monoisotopic (exact) mass is 574 g/mol. The van der Waals surface area contributed by atoms with Gasteiger partial charge in [0.05, 0.1) is 16.5 Å². The molecule has 5 rings (SSSR count). The van der Waals surface area contributed by atoms with Gasteiger partial charge in [0.15, 0.2) is 0 Å². The molecule has 3 amide bonds. The van der Waals surface area contributed by atoms with E-state index in [1.807, 2.05) is 17.0 Å². The Kier molecular flexibility index (Phi) is 7.82. The number of nitrogens with zero attached hydrogens (tertiary/aromatic N) is 3. The van der Waals surface area contributed by atoms with Gasteiger partial charge in [-0.15, -0.1) is 0 Å². The van der Waals surface area contributed by atoms with Crippen LogP contribution in [0.1, 0.15) is 66.9 Å². The van der Waals surface area contributed by atoms with E-state index in [9.17, 15) is 31.9 Å². The van der Waals surface area contributed by atoms with Gasteiger partial charge in [-0.25, -0.2) is 4.39 Å². The van der Waals surface area contributed by atoms with Gasteiger partial charge in [0, 0.05) is 44.5 Å². The summed E-state index contributed by atoms with van der Waals surface area (Å²) in [5.74, 6) is -2.42. The maximum absolute atomic E-state index is 14.3. The Hall–Kier alpha value is -3.50. The minimum atomic E-state index is -4.75. The predicted octanol–water partition coefficient (Wildman–Crippen LogP) is 4.64. The van der Waals surface area contributed by atoms with Gasteiger partial charge in [-0.2, -0.15) is 13.2 Å². The molecule has 1 saturated carbocycles. The fourth-order valence-electron chi connectivity index (χ4n) is 6.21. The van der Waals surface area contributed by atoms with Crippen molar-refractivity contribution in [3.8, 4) is 0 Å². The average molecular weight is 575 g/mol. The Morgan fingerprint density at radius 1 is 1.15 bits per heavy atom. The van der Waals surface area contributed by atoms with E-state index in [4.69, 9.17) is 0 Å². The Bertz CT molecular complexity index is 1300. The second-order valence-electron chi connectivity index (χ2n) is 11.9. The third-order valence-electron chi connectivity index (χ3n) is 8.77. The lowest BCUT2D eigenvalue weighted by Gasteiger charge is -2.42. The van der Waals surface area contributed by atoms with Crippen molar-refractivity contribution in [1.82, 2.24) is 20.1 Å². The van der Waals surface area contributed by atoms with Crippen molar-refractivity contribution in [2.24, 2.45) is 17.3 Å². The van der Waals surface area contributed by atoms with Gasteiger partial charge in [0.25, 0.3) is 5.91 Å². The number of rotatable bonds is 7. The average Bonchev–Trinajstić information content (AvgIpc) is 3.73. The molecule has 2 atom stereocenters. The van der Waals surface area contributed by atoms with Crippen molar-refractivity contribution in [3.05, 3.63) is 65.2 Å².